The van der Waals surface area contributed by atoms with Crippen LogP contribution in [-0.4, -0.2) is 31.7 Å². The molecule has 1 amide bonds. The lowest BCUT2D eigenvalue weighted by atomic mass is 9.97. The molecule has 4 rings (SSSR count). The van der Waals surface area contributed by atoms with Crippen LogP contribution in [0.4, 0.5) is 4.39 Å². The molecule has 1 saturated heterocycles. The van der Waals surface area contributed by atoms with Gasteiger partial charge in [-0.1, -0.05) is 18.2 Å². The molecule has 2 aromatic rings. The van der Waals surface area contributed by atoms with Gasteiger partial charge in [-0.15, -0.1) is 0 Å². The van der Waals surface area contributed by atoms with Crippen LogP contribution in [0.15, 0.2) is 47.4 Å². The monoisotopic (exact) mass is 430 g/mol. The zero-order valence-electron chi connectivity index (χ0n) is 17.1. The minimum atomic E-state index is -3.75. The number of rotatable bonds is 5. The number of benzene rings is 2. The molecule has 0 radical (unpaired) electrons. The molecule has 5 nitrogen and oxygen atoms in total. The van der Waals surface area contributed by atoms with Crippen LogP contribution in [0.3, 0.4) is 0 Å². The number of fused-ring (bicyclic) bond motifs is 1. The third-order valence-electron chi connectivity index (χ3n) is 6.19. The zero-order chi connectivity index (χ0) is 21.3. The van der Waals surface area contributed by atoms with Crippen molar-refractivity contribution in [2.75, 3.05) is 13.1 Å². The Morgan fingerprint density at radius 3 is 2.60 bits per heavy atom. The van der Waals surface area contributed by atoms with Crippen molar-refractivity contribution in [2.45, 2.75) is 50.0 Å². The van der Waals surface area contributed by atoms with Gasteiger partial charge in [-0.05, 0) is 80.0 Å². The van der Waals surface area contributed by atoms with Gasteiger partial charge in [0.05, 0.1) is 16.9 Å². The molecule has 30 heavy (non-hydrogen) atoms. The number of sulfonamides is 1. The maximum absolute atomic E-state index is 13.2. The lowest BCUT2D eigenvalue weighted by molar-refractivity contribution is -0.126. The predicted octanol–water partition coefficient (Wildman–Crippen LogP) is 3.59. The Bertz CT molecular complexity index is 1040. The Morgan fingerprint density at radius 2 is 1.83 bits per heavy atom. The average Bonchev–Trinajstić information content (AvgIpc) is 3.22. The highest BCUT2D eigenvalue weighted by Crippen LogP contribution is 2.27. The van der Waals surface area contributed by atoms with Gasteiger partial charge >= 0.3 is 0 Å². The third-order valence-corrected chi connectivity index (χ3v) is 8.07. The molecule has 2 aliphatic rings. The Labute approximate surface area is 177 Å². The Kier molecular flexibility index (Phi) is 5.93. The fourth-order valence-corrected chi connectivity index (χ4v) is 5.93. The summed E-state index contributed by atoms with van der Waals surface area (Å²) >= 11 is 0. The van der Waals surface area contributed by atoms with Crippen LogP contribution >= 0.6 is 0 Å². The predicted molar refractivity (Wildman–Crippen MR) is 113 cm³/mol. The average molecular weight is 431 g/mol. The van der Waals surface area contributed by atoms with Gasteiger partial charge in [0.25, 0.3) is 0 Å². The summed E-state index contributed by atoms with van der Waals surface area (Å²) < 4.78 is 40.3. The molecule has 0 aromatic heterocycles. The van der Waals surface area contributed by atoms with Crippen molar-refractivity contribution in [1.29, 1.82) is 0 Å². The number of halogens is 1. The molecule has 1 fully saturated rings. The number of carbonyl (C=O) groups is 1. The zero-order valence-corrected chi connectivity index (χ0v) is 17.9. The molecule has 160 valence electrons. The standard InChI is InChI=1S/C23H27FN2O3S/c1-16(18-8-7-17-4-2-5-19(17)14-18)25-23(27)20-6-3-13-26(15-20)30(28,29)22-11-9-21(24)10-12-22/h7-12,14,16,20H,2-6,13,15H2,1H3,(H,25,27). The summed E-state index contributed by atoms with van der Waals surface area (Å²) in [6.45, 7) is 2.47. The summed E-state index contributed by atoms with van der Waals surface area (Å²) in [5.74, 6) is -1.00. The van der Waals surface area contributed by atoms with Gasteiger partial charge in [-0.3, -0.25) is 4.79 Å². The summed E-state index contributed by atoms with van der Waals surface area (Å²) in [6, 6.07) is 11.1. The molecule has 1 aliphatic heterocycles. The highest BCUT2D eigenvalue weighted by atomic mass is 32.2. The Hall–Kier alpha value is -2.25. The van der Waals surface area contributed by atoms with Crippen LogP contribution in [0.2, 0.25) is 0 Å². The van der Waals surface area contributed by atoms with E-state index in [2.05, 4.69) is 23.5 Å². The van der Waals surface area contributed by atoms with Gasteiger partial charge in [0.2, 0.25) is 15.9 Å². The number of nitrogens with zero attached hydrogens (tertiary/aromatic N) is 1. The summed E-state index contributed by atoms with van der Waals surface area (Å²) in [6.07, 6.45) is 4.66. The van der Waals surface area contributed by atoms with Crippen LogP contribution in [0.5, 0.6) is 0 Å². The van der Waals surface area contributed by atoms with E-state index in [9.17, 15) is 17.6 Å². The Balaban J connectivity index is 1.42. The van der Waals surface area contributed by atoms with Gasteiger partial charge in [-0.2, -0.15) is 4.31 Å². The molecule has 1 aliphatic carbocycles. The van der Waals surface area contributed by atoms with Crippen LogP contribution in [-0.2, 0) is 27.7 Å². The van der Waals surface area contributed by atoms with Crippen molar-refractivity contribution in [3.63, 3.8) is 0 Å². The molecule has 2 atom stereocenters. The molecule has 2 unspecified atom stereocenters. The number of hydrogen-bond donors (Lipinski definition) is 1. The maximum Gasteiger partial charge on any atom is 0.243 e. The van der Waals surface area contributed by atoms with Gasteiger partial charge in [0.15, 0.2) is 0 Å². The smallest absolute Gasteiger partial charge is 0.243 e. The molecule has 0 spiro atoms. The molecule has 0 saturated carbocycles. The first-order chi connectivity index (χ1) is 14.3. The molecular weight excluding hydrogens is 403 g/mol. The van der Waals surface area contributed by atoms with E-state index >= 15 is 0 Å². The number of nitrogens with one attached hydrogen (secondary N) is 1. The van der Waals surface area contributed by atoms with E-state index in [4.69, 9.17) is 0 Å². The number of hydrogen-bond acceptors (Lipinski definition) is 3. The van der Waals surface area contributed by atoms with E-state index < -0.39 is 21.8 Å². The summed E-state index contributed by atoms with van der Waals surface area (Å²) in [5.41, 5.74) is 3.84. The van der Waals surface area contributed by atoms with Crippen LogP contribution < -0.4 is 5.32 Å². The summed E-state index contributed by atoms with van der Waals surface area (Å²) in [4.78, 5) is 12.9. The first-order valence-electron chi connectivity index (χ1n) is 10.5. The van der Waals surface area contributed by atoms with Crippen molar-refractivity contribution in [3.8, 4) is 0 Å². The highest BCUT2D eigenvalue weighted by molar-refractivity contribution is 7.89. The van der Waals surface area contributed by atoms with Crippen LogP contribution in [0, 0.1) is 11.7 Å². The van der Waals surface area contributed by atoms with Crippen LogP contribution in [0.25, 0.3) is 0 Å². The first-order valence-corrected chi connectivity index (χ1v) is 12.0. The van der Waals surface area contributed by atoms with E-state index in [-0.39, 0.29) is 23.4 Å². The first kappa shape index (κ1) is 21.0. The lowest BCUT2D eigenvalue weighted by Crippen LogP contribution is -2.45. The second-order valence-electron chi connectivity index (χ2n) is 8.27. The van der Waals surface area contributed by atoms with Crippen molar-refractivity contribution in [3.05, 3.63) is 65.0 Å². The SMILES string of the molecule is CC(NC(=O)C1CCCN(S(=O)(=O)c2ccc(F)cc2)C1)c1ccc2c(c1)CCC2. The van der Waals surface area contributed by atoms with Gasteiger partial charge in [0.1, 0.15) is 5.82 Å². The van der Waals surface area contributed by atoms with E-state index in [1.54, 1.807) is 0 Å². The fraction of sp³-hybridized carbons (Fsp3) is 0.435. The number of amides is 1. The van der Waals surface area contributed by atoms with Crippen molar-refractivity contribution in [1.82, 2.24) is 9.62 Å². The molecule has 1 N–H and O–H groups in total. The molecule has 2 aromatic carbocycles. The topological polar surface area (TPSA) is 66.5 Å². The normalized spacial score (nSPS) is 20.5. The molecule has 1 heterocycles. The maximum atomic E-state index is 13.2. The van der Waals surface area contributed by atoms with E-state index in [0.717, 1.165) is 30.5 Å². The highest BCUT2D eigenvalue weighted by Gasteiger charge is 2.33. The van der Waals surface area contributed by atoms with E-state index in [0.29, 0.717) is 19.4 Å². The molecule has 7 heteroatoms. The number of piperidine rings is 1. The van der Waals surface area contributed by atoms with E-state index in [1.807, 2.05) is 6.92 Å². The fourth-order valence-electron chi connectivity index (χ4n) is 4.41. The second-order valence-corrected chi connectivity index (χ2v) is 10.2. The lowest BCUT2D eigenvalue weighted by Gasteiger charge is -2.32. The number of carbonyl (C=O) groups excluding carboxylic acids is 1. The summed E-state index contributed by atoms with van der Waals surface area (Å²) in [7, 11) is -3.75. The van der Waals surface area contributed by atoms with Crippen molar-refractivity contribution < 1.29 is 17.6 Å². The van der Waals surface area contributed by atoms with Crippen molar-refractivity contribution in [2.24, 2.45) is 5.92 Å². The van der Waals surface area contributed by atoms with Gasteiger partial charge < -0.3 is 5.32 Å². The largest absolute Gasteiger partial charge is 0.349 e. The molecular formula is C23H27FN2O3S. The number of aryl methyl sites for hydroxylation is 2. The van der Waals surface area contributed by atoms with Crippen LogP contribution in [0.1, 0.15) is 48.9 Å². The quantitative estimate of drug-likeness (QED) is 0.788. The minimum Gasteiger partial charge on any atom is -0.349 e. The Morgan fingerprint density at radius 1 is 1.10 bits per heavy atom. The van der Waals surface area contributed by atoms with E-state index in [1.165, 1.54) is 34.0 Å². The minimum absolute atomic E-state index is 0.0523. The second kappa shape index (κ2) is 8.47. The van der Waals surface area contributed by atoms with Gasteiger partial charge in [0, 0.05) is 13.1 Å². The third kappa shape index (κ3) is 4.27. The summed E-state index contributed by atoms with van der Waals surface area (Å²) in [5, 5.41) is 3.07. The van der Waals surface area contributed by atoms with Gasteiger partial charge in [-0.25, -0.2) is 12.8 Å². The van der Waals surface area contributed by atoms with Crippen molar-refractivity contribution >= 4 is 15.9 Å². The molecule has 0 bridgehead atoms.